The van der Waals surface area contributed by atoms with Gasteiger partial charge < -0.3 is 4.74 Å². The molecule has 1 aliphatic rings. The topological polar surface area (TPSA) is 9.23 Å². The molecule has 0 aromatic heterocycles. The zero-order valence-corrected chi connectivity index (χ0v) is 10.4. The van der Waals surface area contributed by atoms with Crippen LogP contribution in [-0.4, -0.2) is 14.2 Å². The van der Waals surface area contributed by atoms with Crippen LogP contribution >= 0.6 is 0 Å². The van der Waals surface area contributed by atoms with Gasteiger partial charge in [-0.1, -0.05) is 46.0 Å². The van der Waals surface area contributed by atoms with E-state index in [0.717, 1.165) is 5.76 Å². The minimum absolute atomic E-state index is 0.499. The summed E-state index contributed by atoms with van der Waals surface area (Å²) in [4.78, 5) is 0. The van der Waals surface area contributed by atoms with Gasteiger partial charge in [0.05, 0.1) is 13.8 Å². The number of unbranched alkanes of at least 4 members (excludes halogenated alkanes) is 1. The Morgan fingerprint density at radius 3 is 2.38 bits per heavy atom. The molecule has 0 bridgehead atoms. The second-order valence-electron chi connectivity index (χ2n) is 5.11. The summed E-state index contributed by atoms with van der Waals surface area (Å²) in [6.45, 7) is 13.4. The Bertz CT molecular complexity index is 193. The first kappa shape index (κ1) is 10.8. The summed E-state index contributed by atoms with van der Waals surface area (Å²) >= 11 is 0. The van der Waals surface area contributed by atoms with Gasteiger partial charge in [0.1, 0.15) is 6.10 Å². The molecule has 0 aliphatic carbocycles. The van der Waals surface area contributed by atoms with Gasteiger partial charge in [-0.2, -0.15) is 0 Å². The van der Waals surface area contributed by atoms with Crippen LogP contribution in [0.15, 0.2) is 12.3 Å². The van der Waals surface area contributed by atoms with Crippen LogP contribution in [-0.2, 0) is 4.74 Å². The molecule has 76 valence electrons. The Labute approximate surface area is 83.2 Å². The first-order valence-electron chi connectivity index (χ1n) is 5.32. The molecule has 1 saturated heterocycles. The average Bonchev–Trinajstić information content (AvgIpc) is 1.93. The number of rotatable bonds is 4. The molecule has 0 saturated carbocycles. The van der Waals surface area contributed by atoms with Crippen molar-refractivity contribution in [3.63, 3.8) is 0 Å². The van der Waals surface area contributed by atoms with E-state index in [1.165, 1.54) is 19.3 Å². The summed E-state index contributed by atoms with van der Waals surface area (Å²) in [5.74, 6) is 1.06. The van der Waals surface area contributed by atoms with Gasteiger partial charge in [0.15, 0.2) is 0 Å². The molecule has 0 radical (unpaired) electrons. The summed E-state index contributed by atoms with van der Waals surface area (Å²) in [6, 6.07) is 0. The first-order chi connectivity index (χ1) is 5.96. The molecule has 1 aliphatic heterocycles. The lowest BCUT2D eigenvalue weighted by atomic mass is 10.0. The van der Waals surface area contributed by atoms with Crippen molar-refractivity contribution in [2.24, 2.45) is 0 Å². The van der Waals surface area contributed by atoms with Crippen molar-refractivity contribution < 1.29 is 4.74 Å². The van der Waals surface area contributed by atoms with Crippen molar-refractivity contribution in [1.29, 1.82) is 0 Å². The van der Waals surface area contributed by atoms with Crippen LogP contribution in [0.2, 0.25) is 25.2 Å². The van der Waals surface area contributed by atoms with Crippen molar-refractivity contribution in [3.05, 3.63) is 12.3 Å². The molecule has 1 nitrogen and oxygen atoms in total. The van der Waals surface area contributed by atoms with E-state index >= 15 is 0 Å². The maximum atomic E-state index is 5.62. The second-order valence-corrected chi connectivity index (χ2v) is 10.5. The maximum absolute atomic E-state index is 5.62. The molecule has 0 aromatic carbocycles. The van der Waals surface area contributed by atoms with E-state index < -0.39 is 8.07 Å². The molecular formula is C11H22OSi. The van der Waals surface area contributed by atoms with E-state index in [-0.39, 0.29) is 0 Å². The highest BCUT2D eigenvalue weighted by atomic mass is 28.3. The van der Waals surface area contributed by atoms with E-state index in [1.807, 2.05) is 0 Å². The molecule has 1 rings (SSSR count). The predicted molar refractivity (Wildman–Crippen MR) is 60.6 cm³/mol. The molecule has 0 aromatic rings. The first-order valence-corrected chi connectivity index (χ1v) is 8.90. The van der Waals surface area contributed by atoms with E-state index in [4.69, 9.17) is 4.74 Å². The molecule has 1 fully saturated rings. The van der Waals surface area contributed by atoms with Gasteiger partial charge in [0.2, 0.25) is 0 Å². The van der Waals surface area contributed by atoms with Crippen molar-refractivity contribution in [3.8, 4) is 0 Å². The van der Waals surface area contributed by atoms with Gasteiger partial charge in [-0.25, -0.2) is 0 Å². The van der Waals surface area contributed by atoms with E-state index in [0.29, 0.717) is 11.6 Å². The van der Waals surface area contributed by atoms with E-state index in [2.05, 4.69) is 33.1 Å². The normalized spacial score (nSPS) is 28.2. The Morgan fingerprint density at radius 1 is 1.38 bits per heavy atom. The monoisotopic (exact) mass is 198 g/mol. The highest BCUT2D eigenvalue weighted by Gasteiger charge is 2.45. The van der Waals surface area contributed by atoms with Crippen LogP contribution in [0.3, 0.4) is 0 Å². The molecule has 13 heavy (non-hydrogen) atoms. The average molecular weight is 198 g/mol. The highest BCUT2D eigenvalue weighted by Crippen LogP contribution is 2.45. The van der Waals surface area contributed by atoms with Gasteiger partial charge in [-0.3, -0.25) is 0 Å². The molecule has 2 unspecified atom stereocenters. The third-order valence-corrected chi connectivity index (χ3v) is 5.36. The third kappa shape index (κ3) is 2.36. The molecule has 2 atom stereocenters. The van der Waals surface area contributed by atoms with Gasteiger partial charge in [-0.15, -0.1) is 0 Å². The SMILES string of the molecule is C=C1OC(CCCC)C1[Si](C)(C)C. The zero-order valence-electron chi connectivity index (χ0n) is 9.39. The summed E-state index contributed by atoms with van der Waals surface area (Å²) < 4.78 is 5.62. The van der Waals surface area contributed by atoms with Gasteiger partial charge in [0.25, 0.3) is 0 Å². The van der Waals surface area contributed by atoms with Crippen molar-refractivity contribution in [2.45, 2.75) is 57.5 Å². The lowest BCUT2D eigenvalue weighted by Gasteiger charge is -2.46. The Morgan fingerprint density at radius 2 is 2.00 bits per heavy atom. The van der Waals surface area contributed by atoms with Crippen LogP contribution in [0, 0.1) is 0 Å². The lowest BCUT2D eigenvalue weighted by Crippen LogP contribution is -2.46. The third-order valence-electron chi connectivity index (χ3n) is 2.80. The van der Waals surface area contributed by atoms with Crippen LogP contribution in [0.1, 0.15) is 26.2 Å². The second kappa shape index (κ2) is 3.87. The quantitative estimate of drug-likeness (QED) is 0.624. The Hall–Kier alpha value is -0.243. The predicted octanol–water partition coefficient (Wildman–Crippen LogP) is 3.80. The van der Waals surface area contributed by atoms with Crippen LogP contribution in [0.5, 0.6) is 0 Å². The van der Waals surface area contributed by atoms with Gasteiger partial charge >= 0.3 is 0 Å². The number of hydrogen-bond acceptors (Lipinski definition) is 1. The molecule has 0 amide bonds. The van der Waals surface area contributed by atoms with Crippen LogP contribution in [0.25, 0.3) is 0 Å². The van der Waals surface area contributed by atoms with Crippen molar-refractivity contribution in [2.75, 3.05) is 0 Å². The minimum Gasteiger partial charge on any atom is -0.495 e. The standard InChI is InChI=1S/C11H22OSi/c1-6-7-8-10-11(9(2)12-10)13(3,4)5/h10-11H,2,6-8H2,1,3-5H3. The molecular weight excluding hydrogens is 176 g/mol. The maximum Gasteiger partial charge on any atom is 0.106 e. The number of ether oxygens (including phenoxy) is 1. The number of hydrogen-bond donors (Lipinski definition) is 0. The smallest absolute Gasteiger partial charge is 0.106 e. The summed E-state index contributed by atoms with van der Waals surface area (Å²) in [7, 11) is -1.07. The minimum atomic E-state index is -1.07. The fourth-order valence-electron chi connectivity index (χ4n) is 2.14. The molecule has 0 N–H and O–H groups in total. The van der Waals surface area contributed by atoms with Gasteiger partial charge in [0, 0.05) is 5.54 Å². The van der Waals surface area contributed by atoms with Crippen molar-refractivity contribution >= 4 is 8.07 Å². The fraction of sp³-hybridized carbons (Fsp3) is 0.818. The Balaban J connectivity index is 2.47. The fourth-order valence-corrected chi connectivity index (χ4v) is 4.53. The van der Waals surface area contributed by atoms with Crippen molar-refractivity contribution in [1.82, 2.24) is 0 Å². The van der Waals surface area contributed by atoms with Gasteiger partial charge in [-0.05, 0) is 6.42 Å². The van der Waals surface area contributed by atoms with E-state index in [9.17, 15) is 0 Å². The van der Waals surface area contributed by atoms with Crippen LogP contribution in [0.4, 0.5) is 0 Å². The molecule has 2 heteroatoms. The largest absolute Gasteiger partial charge is 0.495 e. The lowest BCUT2D eigenvalue weighted by molar-refractivity contribution is 0.0119. The summed E-state index contributed by atoms with van der Waals surface area (Å²) in [5.41, 5.74) is 0.707. The summed E-state index contributed by atoms with van der Waals surface area (Å²) in [5, 5.41) is 0. The molecule has 1 heterocycles. The van der Waals surface area contributed by atoms with E-state index in [1.54, 1.807) is 0 Å². The van der Waals surface area contributed by atoms with Crippen LogP contribution < -0.4 is 0 Å². The Kier molecular flexibility index (Phi) is 3.22. The zero-order chi connectivity index (χ0) is 10.1. The molecule has 0 spiro atoms. The summed E-state index contributed by atoms with van der Waals surface area (Å²) in [6.07, 6.45) is 4.29. The highest BCUT2D eigenvalue weighted by molar-refractivity contribution is 6.78.